The second kappa shape index (κ2) is 7.15. The third-order valence-electron chi connectivity index (χ3n) is 3.22. The quantitative estimate of drug-likeness (QED) is 0.827. The molecular formula is C14H24N2O4S. The minimum Gasteiger partial charge on any atom is -0.481 e. The molecule has 1 aliphatic rings. The van der Waals surface area contributed by atoms with Gasteiger partial charge < -0.3 is 10.0 Å². The highest BCUT2D eigenvalue weighted by Gasteiger charge is 2.29. The van der Waals surface area contributed by atoms with Gasteiger partial charge in [-0.25, -0.2) is 4.79 Å². The first-order valence-corrected chi connectivity index (χ1v) is 7.99. The Bertz CT molecular complexity index is 415. The normalized spacial score (nSPS) is 22.8. The second-order valence-electron chi connectivity index (χ2n) is 6.43. The van der Waals surface area contributed by atoms with Crippen molar-refractivity contribution in [3.8, 4) is 0 Å². The summed E-state index contributed by atoms with van der Waals surface area (Å²) in [6, 6.07) is -0.384. The first kappa shape index (κ1) is 17.8. The van der Waals surface area contributed by atoms with Crippen LogP contribution in [0.3, 0.4) is 0 Å². The Labute approximate surface area is 129 Å². The van der Waals surface area contributed by atoms with Crippen LogP contribution in [0.15, 0.2) is 0 Å². The number of hydrogen-bond donors (Lipinski definition) is 2. The molecule has 0 saturated carbocycles. The fraction of sp³-hybridized carbons (Fsp3) is 0.786. The van der Waals surface area contributed by atoms with Crippen LogP contribution in [0.25, 0.3) is 0 Å². The van der Waals surface area contributed by atoms with Crippen LogP contribution in [-0.4, -0.2) is 51.5 Å². The number of aliphatic carboxylic acids is 1. The molecule has 1 rings (SSSR count). The Hall–Kier alpha value is -1.24. The number of nitrogens with one attached hydrogen (secondary N) is 1. The molecule has 6 nitrogen and oxygen atoms in total. The highest BCUT2D eigenvalue weighted by atomic mass is 32.2. The first-order chi connectivity index (χ1) is 9.59. The zero-order chi connectivity index (χ0) is 16.2. The number of carboxylic acid groups (broad SMARTS) is 1. The Morgan fingerprint density at radius 2 is 1.71 bits per heavy atom. The molecule has 2 unspecified atom stereocenters. The van der Waals surface area contributed by atoms with Crippen LogP contribution in [0, 0.1) is 5.41 Å². The highest BCUT2D eigenvalue weighted by molar-refractivity contribution is 8.00. The standard InChI is InChI=1S/C14H24N2O4S/c1-9-7-16(8-10(2)21-9)13(20)15-11(17)5-14(3,4)6-12(18)19/h9-10H,5-8H2,1-4H3,(H,18,19)(H,15,17,20). The van der Waals surface area contributed by atoms with E-state index in [4.69, 9.17) is 5.11 Å². The van der Waals surface area contributed by atoms with Crippen molar-refractivity contribution in [1.82, 2.24) is 10.2 Å². The molecule has 0 spiro atoms. The molecule has 21 heavy (non-hydrogen) atoms. The zero-order valence-electron chi connectivity index (χ0n) is 13.0. The molecule has 0 aromatic rings. The van der Waals surface area contributed by atoms with Crippen molar-refractivity contribution in [3.63, 3.8) is 0 Å². The van der Waals surface area contributed by atoms with E-state index in [1.165, 1.54) is 0 Å². The number of rotatable bonds is 4. The van der Waals surface area contributed by atoms with Crippen molar-refractivity contribution in [2.24, 2.45) is 5.41 Å². The summed E-state index contributed by atoms with van der Waals surface area (Å²) in [5.41, 5.74) is -0.672. The van der Waals surface area contributed by atoms with Gasteiger partial charge in [-0.3, -0.25) is 14.9 Å². The fourth-order valence-corrected chi connectivity index (χ4v) is 3.82. The van der Waals surface area contributed by atoms with Crippen LogP contribution in [0.5, 0.6) is 0 Å². The van der Waals surface area contributed by atoms with Gasteiger partial charge in [0.25, 0.3) is 0 Å². The smallest absolute Gasteiger partial charge is 0.324 e. The third-order valence-corrected chi connectivity index (χ3v) is 4.45. The average molecular weight is 316 g/mol. The maximum absolute atomic E-state index is 12.1. The summed E-state index contributed by atoms with van der Waals surface area (Å²) >= 11 is 1.83. The van der Waals surface area contributed by atoms with E-state index in [0.29, 0.717) is 23.6 Å². The molecular weight excluding hydrogens is 292 g/mol. The Morgan fingerprint density at radius 3 is 2.19 bits per heavy atom. The second-order valence-corrected chi connectivity index (χ2v) is 8.31. The predicted octanol–water partition coefficient (Wildman–Crippen LogP) is 1.94. The summed E-state index contributed by atoms with van der Waals surface area (Å²) in [5.74, 6) is -1.38. The number of imide groups is 1. The van der Waals surface area contributed by atoms with Crippen molar-refractivity contribution in [1.29, 1.82) is 0 Å². The van der Waals surface area contributed by atoms with E-state index in [1.807, 2.05) is 11.8 Å². The summed E-state index contributed by atoms with van der Waals surface area (Å²) < 4.78 is 0. The van der Waals surface area contributed by atoms with Gasteiger partial charge in [-0.2, -0.15) is 11.8 Å². The number of carbonyl (C=O) groups excluding carboxylic acids is 2. The number of carbonyl (C=O) groups is 3. The first-order valence-electron chi connectivity index (χ1n) is 7.05. The van der Waals surface area contributed by atoms with E-state index in [2.05, 4.69) is 19.2 Å². The van der Waals surface area contributed by atoms with E-state index in [9.17, 15) is 14.4 Å². The monoisotopic (exact) mass is 316 g/mol. The van der Waals surface area contributed by atoms with Crippen LogP contribution >= 0.6 is 11.8 Å². The van der Waals surface area contributed by atoms with E-state index < -0.39 is 17.3 Å². The Morgan fingerprint density at radius 1 is 1.19 bits per heavy atom. The number of amides is 3. The molecule has 0 aromatic heterocycles. The van der Waals surface area contributed by atoms with Gasteiger partial charge in [-0.15, -0.1) is 0 Å². The maximum Gasteiger partial charge on any atom is 0.324 e. The average Bonchev–Trinajstić information content (AvgIpc) is 2.23. The summed E-state index contributed by atoms with van der Waals surface area (Å²) in [7, 11) is 0. The lowest BCUT2D eigenvalue weighted by Gasteiger charge is -2.34. The van der Waals surface area contributed by atoms with E-state index in [0.717, 1.165) is 0 Å². The number of nitrogens with zero attached hydrogens (tertiary/aromatic N) is 1. The lowest BCUT2D eigenvalue weighted by Crippen LogP contribution is -2.50. The topological polar surface area (TPSA) is 86.7 Å². The van der Waals surface area contributed by atoms with Crippen LogP contribution < -0.4 is 5.32 Å². The third kappa shape index (κ3) is 6.37. The van der Waals surface area contributed by atoms with Crippen molar-refractivity contribution < 1.29 is 19.5 Å². The van der Waals surface area contributed by atoms with Gasteiger partial charge in [0.15, 0.2) is 0 Å². The molecule has 0 radical (unpaired) electrons. The highest BCUT2D eigenvalue weighted by Crippen LogP contribution is 2.26. The maximum atomic E-state index is 12.1. The lowest BCUT2D eigenvalue weighted by atomic mass is 9.85. The van der Waals surface area contributed by atoms with Crippen molar-refractivity contribution >= 4 is 29.7 Å². The molecule has 120 valence electrons. The minimum absolute atomic E-state index is 0.0126. The molecule has 2 N–H and O–H groups in total. The largest absolute Gasteiger partial charge is 0.481 e. The van der Waals surface area contributed by atoms with E-state index in [1.54, 1.807) is 18.7 Å². The molecule has 1 saturated heterocycles. The molecule has 1 heterocycles. The van der Waals surface area contributed by atoms with Gasteiger partial charge in [-0.05, 0) is 5.41 Å². The SMILES string of the molecule is CC1CN(C(=O)NC(=O)CC(C)(C)CC(=O)O)CC(C)S1. The molecule has 1 fully saturated rings. The van der Waals surface area contributed by atoms with Crippen LogP contribution in [0.1, 0.15) is 40.5 Å². The van der Waals surface area contributed by atoms with E-state index >= 15 is 0 Å². The molecule has 1 aliphatic heterocycles. The minimum atomic E-state index is -0.949. The van der Waals surface area contributed by atoms with Crippen molar-refractivity contribution in [2.45, 2.75) is 51.0 Å². The van der Waals surface area contributed by atoms with Crippen LogP contribution in [0.4, 0.5) is 4.79 Å². The number of carboxylic acids is 1. The Kier molecular flexibility index (Phi) is 6.07. The fourth-order valence-electron chi connectivity index (χ4n) is 2.49. The molecule has 3 amide bonds. The van der Waals surface area contributed by atoms with Crippen LogP contribution in [0.2, 0.25) is 0 Å². The summed E-state index contributed by atoms with van der Waals surface area (Å²) in [6.07, 6.45) is -0.0955. The zero-order valence-corrected chi connectivity index (χ0v) is 13.8. The molecule has 0 aliphatic carbocycles. The van der Waals surface area contributed by atoms with Crippen molar-refractivity contribution in [3.05, 3.63) is 0 Å². The molecule has 0 aromatic carbocycles. The van der Waals surface area contributed by atoms with Gasteiger partial charge in [0, 0.05) is 30.0 Å². The number of urea groups is 1. The van der Waals surface area contributed by atoms with Crippen LogP contribution in [-0.2, 0) is 9.59 Å². The Balaban J connectivity index is 2.50. The summed E-state index contributed by atoms with van der Waals surface area (Å²) in [5, 5.41) is 11.9. The number of thioether (sulfide) groups is 1. The van der Waals surface area contributed by atoms with Gasteiger partial charge in [-0.1, -0.05) is 27.7 Å². The summed E-state index contributed by atoms with van der Waals surface area (Å²) in [4.78, 5) is 36.4. The predicted molar refractivity (Wildman–Crippen MR) is 82.3 cm³/mol. The van der Waals surface area contributed by atoms with Gasteiger partial charge >= 0.3 is 12.0 Å². The molecule has 2 atom stereocenters. The van der Waals surface area contributed by atoms with E-state index in [-0.39, 0.29) is 18.9 Å². The van der Waals surface area contributed by atoms with Gasteiger partial charge in [0.2, 0.25) is 5.91 Å². The summed E-state index contributed by atoms with van der Waals surface area (Å²) in [6.45, 7) is 8.75. The molecule has 0 bridgehead atoms. The van der Waals surface area contributed by atoms with Gasteiger partial charge in [0.1, 0.15) is 0 Å². The lowest BCUT2D eigenvalue weighted by molar-refractivity contribution is -0.139. The van der Waals surface area contributed by atoms with Gasteiger partial charge in [0.05, 0.1) is 6.42 Å². The van der Waals surface area contributed by atoms with Crippen molar-refractivity contribution in [2.75, 3.05) is 13.1 Å². The molecule has 7 heteroatoms. The number of hydrogen-bond acceptors (Lipinski definition) is 4.